The zero-order valence-corrected chi connectivity index (χ0v) is 13.6. The zero-order valence-electron chi connectivity index (χ0n) is 13.6. The summed E-state index contributed by atoms with van der Waals surface area (Å²) < 4.78 is 0. The second kappa shape index (κ2) is 8.38. The Kier molecular flexibility index (Phi) is 6.85. The largest absolute Gasteiger partial charge is 0.351 e. The Morgan fingerprint density at radius 1 is 1.09 bits per heavy atom. The third kappa shape index (κ3) is 6.13. The lowest BCUT2D eigenvalue weighted by Crippen LogP contribution is -2.43. The highest BCUT2D eigenvalue weighted by Gasteiger charge is 2.16. The van der Waals surface area contributed by atoms with Crippen LogP contribution in [0.25, 0.3) is 0 Å². The van der Waals surface area contributed by atoms with E-state index in [1.165, 1.54) is 0 Å². The number of hydrogen-bond acceptors (Lipinski definition) is 3. The van der Waals surface area contributed by atoms with Crippen molar-refractivity contribution < 1.29 is 9.59 Å². The molecule has 0 bridgehead atoms. The fraction of sp³-hybridized carbons (Fsp3) is 0.500. The molecule has 6 nitrogen and oxygen atoms in total. The molecule has 0 saturated heterocycles. The van der Waals surface area contributed by atoms with Crippen LogP contribution in [0.3, 0.4) is 0 Å². The van der Waals surface area contributed by atoms with Gasteiger partial charge in [-0.05, 0) is 37.5 Å². The second-order valence-corrected chi connectivity index (χ2v) is 5.94. The standard InChI is InChI=1S/C16H26N4O2/c1-10(2)14(17)15(21)18-9-12-5-7-13(8-6-12)20-16(22)19-11(3)4/h5-8,10-11,14H,9,17H2,1-4H3,(H,18,21)(H2,19,20,22)/t14-/m0/s1. The number of nitrogens with two attached hydrogens (primary N) is 1. The highest BCUT2D eigenvalue weighted by Crippen LogP contribution is 2.09. The average molecular weight is 306 g/mol. The molecule has 22 heavy (non-hydrogen) atoms. The van der Waals surface area contributed by atoms with Crippen LogP contribution in [-0.2, 0) is 11.3 Å². The molecule has 0 aliphatic carbocycles. The van der Waals surface area contributed by atoms with Gasteiger partial charge in [0.1, 0.15) is 0 Å². The predicted molar refractivity (Wildman–Crippen MR) is 88.4 cm³/mol. The molecule has 0 heterocycles. The van der Waals surface area contributed by atoms with Crippen LogP contribution in [-0.4, -0.2) is 24.0 Å². The Morgan fingerprint density at radius 3 is 2.18 bits per heavy atom. The first-order valence-corrected chi connectivity index (χ1v) is 7.49. The number of carbonyl (C=O) groups excluding carboxylic acids is 2. The number of benzene rings is 1. The predicted octanol–water partition coefficient (Wildman–Crippen LogP) is 1.82. The van der Waals surface area contributed by atoms with Crippen LogP contribution in [0.1, 0.15) is 33.3 Å². The van der Waals surface area contributed by atoms with Gasteiger partial charge in [-0.15, -0.1) is 0 Å². The summed E-state index contributed by atoms with van der Waals surface area (Å²) in [5, 5.41) is 8.29. The molecular formula is C16H26N4O2. The van der Waals surface area contributed by atoms with Gasteiger partial charge in [0.05, 0.1) is 6.04 Å². The molecule has 0 saturated carbocycles. The van der Waals surface area contributed by atoms with Crippen molar-refractivity contribution in [1.29, 1.82) is 0 Å². The smallest absolute Gasteiger partial charge is 0.319 e. The highest BCUT2D eigenvalue weighted by atomic mass is 16.2. The Morgan fingerprint density at radius 2 is 1.68 bits per heavy atom. The lowest BCUT2D eigenvalue weighted by molar-refractivity contribution is -0.123. The van der Waals surface area contributed by atoms with Crippen molar-refractivity contribution >= 4 is 17.6 Å². The Balaban J connectivity index is 2.48. The van der Waals surface area contributed by atoms with Gasteiger partial charge in [0.25, 0.3) is 0 Å². The first-order valence-electron chi connectivity index (χ1n) is 7.49. The van der Waals surface area contributed by atoms with Gasteiger partial charge in [-0.3, -0.25) is 4.79 Å². The maximum atomic E-state index is 11.8. The van der Waals surface area contributed by atoms with E-state index in [2.05, 4.69) is 16.0 Å². The summed E-state index contributed by atoms with van der Waals surface area (Å²) in [6.45, 7) is 8.03. The molecule has 1 atom stereocenters. The normalized spacial score (nSPS) is 12.1. The van der Waals surface area contributed by atoms with Crippen molar-refractivity contribution in [3.05, 3.63) is 29.8 Å². The summed E-state index contributed by atoms with van der Waals surface area (Å²) in [5.41, 5.74) is 7.42. The van der Waals surface area contributed by atoms with Crippen LogP contribution >= 0.6 is 0 Å². The lowest BCUT2D eigenvalue weighted by Gasteiger charge is -2.15. The van der Waals surface area contributed by atoms with Crippen molar-refractivity contribution in [1.82, 2.24) is 10.6 Å². The molecule has 1 aromatic carbocycles. The lowest BCUT2D eigenvalue weighted by atomic mass is 10.0. The van der Waals surface area contributed by atoms with Crippen LogP contribution in [0.5, 0.6) is 0 Å². The fourth-order valence-corrected chi connectivity index (χ4v) is 1.75. The summed E-state index contributed by atoms with van der Waals surface area (Å²) in [7, 11) is 0. The van der Waals surface area contributed by atoms with Gasteiger partial charge in [-0.25, -0.2) is 4.79 Å². The number of carbonyl (C=O) groups is 2. The van der Waals surface area contributed by atoms with Gasteiger partial charge in [-0.2, -0.15) is 0 Å². The third-order valence-electron chi connectivity index (χ3n) is 3.12. The molecule has 0 fully saturated rings. The molecule has 0 aliphatic heterocycles. The van der Waals surface area contributed by atoms with E-state index in [1.807, 2.05) is 39.8 Å². The molecule has 1 aromatic rings. The van der Waals surface area contributed by atoms with E-state index in [1.54, 1.807) is 12.1 Å². The first kappa shape index (κ1) is 18.0. The monoisotopic (exact) mass is 306 g/mol. The van der Waals surface area contributed by atoms with Gasteiger partial charge in [0, 0.05) is 18.3 Å². The van der Waals surface area contributed by atoms with E-state index in [4.69, 9.17) is 5.73 Å². The molecule has 3 amide bonds. The topological polar surface area (TPSA) is 96.2 Å². The number of urea groups is 1. The van der Waals surface area contributed by atoms with Gasteiger partial charge in [0.2, 0.25) is 5.91 Å². The maximum absolute atomic E-state index is 11.8. The quantitative estimate of drug-likeness (QED) is 0.645. The molecule has 1 rings (SSSR count). The summed E-state index contributed by atoms with van der Waals surface area (Å²) in [6.07, 6.45) is 0. The highest BCUT2D eigenvalue weighted by molar-refractivity contribution is 5.89. The zero-order chi connectivity index (χ0) is 16.7. The van der Waals surface area contributed by atoms with Crippen molar-refractivity contribution in [2.75, 3.05) is 5.32 Å². The number of anilines is 1. The van der Waals surface area contributed by atoms with E-state index in [9.17, 15) is 9.59 Å². The molecule has 0 aromatic heterocycles. The fourth-order valence-electron chi connectivity index (χ4n) is 1.75. The van der Waals surface area contributed by atoms with Crippen molar-refractivity contribution in [3.63, 3.8) is 0 Å². The SMILES string of the molecule is CC(C)NC(=O)Nc1ccc(CNC(=O)[C@@H](N)C(C)C)cc1. The minimum Gasteiger partial charge on any atom is -0.351 e. The van der Waals surface area contributed by atoms with Crippen LogP contribution in [0.2, 0.25) is 0 Å². The van der Waals surface area contributed by atoms with Gasteiger partial charge < -0.3 is 21.7 Å². The summed E-state index contributed by atoms with van der Waals surface area (Å²) >= 11 is 0. The van der Waals surface area contributed by atoms with Crippen LogP contribution in [0.15, 0.2) is 24.3 Å². The number of hydrogen-bond donors (Lipinski definition) is 4. The summed E-state index contributed by atoms with van der Waals surface area (Å²) in [6, 6.07) is 6.64. The molecule has 0 spiro atoms. The van der Waals surface area contributed by atoms with Gasteiger partial charge in [-0.1, -0.05) is 26.0 Å². The first-order chi connectivity index (χ1) is 10.3. The van der Waals surface area contributed by atoms with Crippen molar-refractivity contribution in [2.24, 2.45) is 11.7 Å². The van der Waals surface area contributed by atoms with E-state index >= 15 is 0 Å². The van der Waals surface area contributed by atoms with Crippen LogP contribution in [0.4, 0.5) is 10.5 Å². The Labute approximate surface area is 131 Å². The summed E-state index contributed by atoms with van der Waals surface area (Å²) in [5.74, 6) is -0.0560. The molecule has 0 radical (unpaired) electrons. The second-order valence-electron chi connectivity index (χ2n) is 5.94. The molecule has 6 heteroatoms. The molecule has 5 N–H and O–H groups in total. The minimum absolute atomic E-state index is 0.0830. The Bertz CT molecular complexity index is 497. The van der Waals surface area contributed by atoms with Crippen molar-refractivity contribution in [3.8, 4) is 0 Å². The maximum Gasteiger partial charge on any atom is 0.319 e. The van der Waals surface area contributed by atoms with Crippen LogP contribution < -0.4 is 21.7 Å². The van der Waals surface area contributed by atoms with Gasteiger partial charge >= 0.3 is 6.03 Å². The van der Waals surface area contributed by atoms with Crippen molar-refractivity contribution in [2.45, 2.75) is 46.3 Å². The average Bonchev–Trinajstić information content (AvgIpc) is 2.44. The van der Waals surface area contributed by atoms with E-state index in [0.717, 1.165) is 5.56 Å². The number of rotatable bonds is 6. The van der Waals surface area contributed by atoms with E-state index in [-0.39, 0.29) is 23.9 Å². The number of nitrogens with one attached hydrogen (secondary N) is 3. The summed E-state index contributed by atoms with van der Waals surface area (Å²) in [4.78, 5) is 23.3. The molecular weight excluding hydrogens is 280 g/mol. The minimum atomic E-state index is -0.499. The number of amides is 3. The third-order valence-corrected chi connectivity index (χ3v) is 3.12. The Hall–Kier alpha value is -2.08. The van der Waals surface area contributed by atoms with E-state index < -0.39 is 6.04 Å². The van der Waals surface area contributed by atoms with Gasteiger partial charge in [0.15, 0.2) is 0 Å². The van der Waals surface area contributed by atoms with Crippen LogP contribution in [0, 0.1) is 5.92 Å². The van der Waals surface area contributed by atoms with E-state index in [0.29, 0.717) is 12.2 Å². The molecule has 122 valence electrons. The molecule has 0 unspecified atom stereocenters. The molecule has 0 aliphatic rings.